The Balaban J connectivity index is 0.000000900. The van der Waals surface area contributed by atoms with Gasteiger partial charge in [-0.2, -0.15) is 12.6 Å². The number of halogens is 2. The fraction of sp³-hybridized carbons (Fsp3) is 0.344. The molecule has 0 saturated carbocycles. The zero-order chi connectivity index (χ0) is 33.4. The lowest BCUT2D eigenvalue weighted by Gasteiger charge is -2.15. The van der Waals surface area contributed by atoms with Crippen molar-refractivity contribution in [3.8, 4) is 11.1 Å². The van der Waals surface area contributed by atoms with E-state index in [4.69, 9.17) is 28.3 Å². The predicted molar refractivity (Wildman–Crippen MR) is 182 cm³/mol. The van der Waals surface area contributed by atoms with E-state index in [9.17, 15) is 22.8 Å². The van der Waals surface area contributed by atoms with Crippen LogP contribution in [0.1, 0.15) is 44.2 Å². The van der Waals surface area contributed by atoms with Crippen LogP contribution >= 0.6 is 35.8 Å². The summed E-state index contributed by atoms with van der Waals surface area (Å²) in [6, 6.07) is 19.1. The highest BCUT2D eigenvalue weighted by Crippen LogP contribution is 2.33. The molecule has 0 saturated heterocycles. The normalized spacial score (nSPS) is 11.6. The lowest BCUT2D eigenvalue weighted by Crippen LogP contribution is -2.37. The fourth-order valence-electron chi connectivity index (χ4n) is 4.22. The zero-order valence-electron chi connectivity index (χ0n) is 25.2. The van der Waals surface area contributed by atoms with E-state index in [1.54, 1.807) is 36.4 Å². The molecule has 0 bridgehead atoms. The van der Waals surface area contributed by atoms with Crippen LogP contribution in [0.5, 0.6) is 0 Å². The minimum absolute atomic E-state index is 0.0337. The topological polar surface area (TPSA) is 142 Å². The number of nitrogens with one attached hydrogen (secondary N) is 3. The van der Waals surface area contributed by atoms with Crippen molar-refractivity contribution in [2.75, 3.05) is 18.8 Å². The van der Waals surface area contributed by atoms with Crippen molar-refractivity contribution in [3.63, 3.8) is 0 Å². The second kappa shape index (κ2) is 19.4. The van der Waals surface area contributed by atoms with Gasteiger partial charge in [0.1, 0.15) is 0 Å². The van der Waals surface area contributed by atoms with Crippen LogP contribution in [0.2, 0.25) is 10.0 Å². The first-order valence-corrected chi connectivity index (χ1v) is 17.2. The van der Waals surface area contributed by atoms with Gasteiger partial charge in [-0.3, -0.25) is 14.4 Å². The maximum Gasteiger partial charge on any atom is 0.303 e. The smallest absolute Gasteiger partial charge is 0.303 e. The standard InChI is InChI=1S/C27H29Cl2N3O4S2.C5H10O2/c1-18(33)32-38(35,36)26-8-3-2-7-24(26)23-10-9-20(15-25(23)29)16-30-11-12-31-27(34)21(17-37)13-19-5-4-6-22(28)14-19;1-2-3-4-5(6)7/h2-10,14-15,21,30,37H,11-13,16-17H2,1H3,(H,31,34)(H,32,33);2-4H2,1H3,(H,6,7)/t21-;/m1./s1. The zero-order valence-corrected chi connectivity index (χ0v) is 28.4. The second-order valence-electron chi connectivity index (χ2n) is 10.2. The van der Waals surface area contributed by atoms with Crippen molar-refractivity contribution in [2.24, 2.45) is 5.92 Å². The van der Waals surface area contributed by atoms with Gasteiger partial charge in [-0.15, -0.1) is 0 Å². The first-order valence-electron chi connectivity index (χ1n) is 14.3. The number of aliphatic carboxylic acids is 1. The van der Waals surface area contributed by atoms with Crippen LogP contribution in [0.3, 0.4) is 0 Å². The third kappa shape index (κ3) is 13.4. The predicted octanol–water partition coefficient (Wildman–Crippen LogP) is 5.74. The third-order valence-corrected chi connectivity index (χ3v) is 8.89. The number of hydrogen-bond donors (Lipinski definition) is 5. The Morgan fingerprint density at radius 1 is 0.933 bits per heavy atom. The molecule has 3 aromatic carbocycles. The Labute approximate surface area is 280 Å². The van der Waals surface area contributed by atoms with Crippen molar-refractivity contribution in [1.29, 1.82) is 0 Å². The van der Waals surface area contributed by atoms with E-state index in [0.717, 1.165) is 30.9 Å². The summed E-state index contributed by atoms with van der Waals surface area (Å²) in [5.74, 6) is -1.28. The van der Waals surface area contributed by atoms with E-state index in [1.165, 1.54) is 6.07 Å². The molecule has 0 unspecified atom stereocenters. The van der Waals surface area contributed by atoms with Gasteiger partial charge in [0, 0.05) is 59.9 Å². The highest BCUT2D eigenvalue weighted by Gasteiger charge is 2.21. The molecule has 0 aliphatic heterocycles. The number of thiol groups is 1. The molecule has 3 rings (SSSR count). The first kappa shape index (κ1) is 38.1. The molecule has 13 heteroatoms. The average Bonchev–Trinajstić information content (AvgIpc) is 2.98. The van der Waals surface area contributed by atoms with Crippen LogP contribution in [0.25, 0.3) is 11.1 Å². The number of amides is 2. The minimum atomic E-state index is -4.04. The molecule has 0 radical (unpaired) electrons. The summed E-state index contributed by atoms with van der Waals surface area (Å²) in [5, 5.41) is 15.3. The van der Waals surface area contributed by atoms with E-state index in [2.05, 4.69) is 23.3 Å². The molecule has 2 amide bonds. The van der Waals surface area contributed by atoms with Crippen LogP contribution < -0.4 is 15.4 Å². The molecule has 4 N–H and O–H groups in total. The molecule has 0 fully saturated rings. The van der Waals surface area contributed by atoms with Gasteiger partial charge >= 0.3 is 5.97 Å². The van der Waals surface area contributed by atoms with Gasteiger partial charge < -0.3 is 15.7 Å². The minimum Gasteiger partial charge on any atom is -0.481 e. The van der Waals surface area contributed by atoms with Crippen molar-refractivity contribution in [2.45, 2.75) is 51.0 Å². The number of carboxylic acid groups (broad SMARTS) is 1. The fourth-order valence-corrected chi connectivity index (χ4v) is 6.25. The Hall–Kier alpha value is -3.09. The molecule has 45 heavy (non-hydrogen) atoms. The molecule has 0 aromatic heterocycles. The summed E-state index contributed by atoms with van der Waals surface area (Å²) >= 11 is 16.9. The van der Waals surface area contributed by atoms with Gasteiger partial charge in [-0.1, -0.05) is 79.0 Å². The van der Waals surface area contributed by atoms with Gasteiger partial charge in [0.25, 0.3) is 10.0 Å². The SMILES string of the molecule is CC(=O)NS(=O)(=O)c1ccccc1-c1ccc(CNCCNC(=O)[C@@H](CS)Cc2cccc(Cl)c2)cc1Cl.CCCCC(=O)O. The maximum absolute atomic E-state index is 12.6. The summed E-state index contributed by atoms with van der Waals surface area (Å²) in [5.41, 5.74) is 2.80. The number of carbonyl (C=O) groups excluding carboxylic acids is 2. The number of unbranched alkanes of at least 4 members (excludes halogenated alkanes) is 1. The molecule has 0 aliphatic carbocycles. The number of rotatable bonds is 15. The Morgan fingerprint density at radius 2 is 1.67 bits per heavy atom. The largest absolute Gasteiger partial charge is 0.481 e. The summed E-state index contributed by atoms with van der Waals surface area (Å²) in [6.45, 7) is 4.60. The van der Waals surface area contributed by atoms with E-state index >= 15 is 0 Å². The Morgan fingerprint density at radius 3 is 2.27 bits per heavy atom. The molecular formula is C32H39Cl2N3O6S2. The maximum atomic E-state index is 12.6. The van der Waals surface area contributed by atoms with Gasteiger partial charge in [-0.05, 0) is 48.2 Å². The highest BCUT2D eigenvalue weighted by molar-refractivity contribution is 7.90. The van der Waals surface area contributed by atoms with Gasteiger partial charge in [0.05, 0.1) is 10.8 Å². The first-order chi connectivity index (χ1) is 21.4. The number of carboxylic acids is 1. The number of carbonyl (C=O) groups is 3. The van der Waals surface area contributed by atoms with Crippen molar-refractivity contribution < 1.29 is 27.9 Å². The summed E-state index contributed by atoms with van der Waals surface area (Å²) in [6.07, 6.45) is 2.64. The average molecular weight is 697 g/mol. The van der Waals surface area contributed by atoms with E-state index in [-0.39, 0.29) is 16.7 Å². The third-order valence-electron chi connectivity index (χ3n) is 6.41. The summed E-state index contributed by atoms with van der Waals surface area (Å²) in [7, 11) is -4.04. The monoisotopic (exact) mass is 695 g/mol. The Bertz CT molecular complexity index is 1550. The molecule has 3 aromatic rings. The molecule has 0 spiro atoms. The van der Waals surface area contributed by atoms with Gasteiger partial charge in [0.15, 0.2) is 0 Å². The number of benzene rings is 3. The second-order valence-corrected chi connectivity index (χ2v) is 13.0. The van der Waals surface area contributed by atoms with Crippen LogP contribution in [-0.4, -0.2) is 50.2 Å². The van der Waals surface area contributed by atoms with Crippen LogP contribution in [0, 0.1) is 5.92 Å². The molecule has 244 valence electrons. The number of sulfonamides is 1. The summed E-state index contributed by atoms with van der Waals surface area (Å²) in [4.78, 5) is 33.6. The molecular weight excluding hydrogens is 657 g/mol. The van der Waals surface area contributed by atoms with Crippen LogP contribution in [-0.2, 0) is 37.4 Å². The molecule has 0 heterocycles. The summed E-state index contributed by atoms with van der Waals surface area (Å²) < 4.78 is 27.2. The van der Waals surface area contributed by atoms with Crippen LogP contribution in [0.15, 0.2) is 71.6 Å². The van der Waals surface area contributed by atoms with Crippen molar-refractivity contribution in [3.05, 3.63) is 87.9 Å². The van der Waals surface area contributed by atoms with Crippen molar-refractivity contribution >= 4 is 63.6 Å². The quantitative estimate of drug-likeness (QED) is 0.101. The molecule has 1 atom stereocenters. The van der Waals surface area contributed by atoms with E-state index < -0.39 is 21.9 Å². The highest BCUT2D eigenvalue weighted by atomic mass is 35.5. The lowest BCUT2D eigenvalue weighted by molar-refractivity contribution is -0.137. The Kier molecular flexibility index (Phi) is 16.4. The van der Waals surface area contributed by atoms with Gasteiger partial charge in [0.2, 0.25) is 11.8 Å². The van der Waals surface area contributed by atoms with E-state index in [1.807, 2.05) is 35.9 Å². The van der Waals surface area contributed by atoms with Gasteiger partial charge in [-0.25, -0.2) is 13.1 Å². The van der Waals surface area contributed by atoms with E-state index in [0.29, 0.717) is 59.4 Å². The molecule has 9 nitrogen and oxygen atoms in total. The van der Waals surface area contributed by atoms with Crippen molar-refractivity contribution in [1.82, 2.24) is 15.4 Å². The lowest BCUT2D eigenvalue weighted by atomic mass is 10.0. The van der Waals surface area contributed by atoms with Crippen LogP contribution in [0.4, 0.5) is 0 Å². The molecule has 0 aliphatic rings. The number of hydrogen-bond acceptors (Lipinski definition) is 7.